The lowest BCUT2D eigenvalue weighted by molar-refractivity contribution is -0.130. The van der Waals surface area contributed by atoms with E-state index in [-0.39, 0.29) is 5.56 Å². The minimum Gasteiger partial charge on any atom is -0.270 e. The zero-order chi connectivity index (χ0) is 12.3. The van der Waals surface area contributed by atoms with E-state index in [2.05, 4.69) is 0 Å². The molecule has 0 bridgehead atoms. The van der Waals surface area contributed by atoms with Crippen LogP contribution in [0.1, 0.15) is 11.7 Å². The fourth-order valence-electron chi connectivity index (χ4n) is 1.09. The molecule has 0 spiro atoms. The number of halogens is 1. The molecule has 1 aromatic rings. The summed E-state index contributed by atoms with van der Waals surface area (Å²) < 4.78 is 36.2. The Morgan fingerprint density at radius 1 is 1.31 bits per heavy atom. The van der Waals surface area contributed by atoms with Gasteiger partial charge in [0.15, 0.2) is 0 Å². The van der Waals surface area contributed by atoms with E-state index in [0.29, 0.717) is 4.31 Å². The number of nitrogens with zero attached hydrogens (tertiary/aromatic N) is 1. The third-order valence-electron chi connectivity index (χ3n) is 2.12. The zero-order valence-electron chi connectivity index (χ0n) is 8.92. The second kappa shape index (κ2) is 4.61. The molecule has 1 amide bonds. The number of hydrogen-bond acceptors (Lipinski definition) is 3. The quantitative estimate of drug-likeness (QED) is 0.801. The van der Waals surface area contributed by atoms with Gasteiger partial charge in [-0.2, -0.15) is 0 Å². The van der Waals surface area contributed by atoms with Gasteiger partial charge in [0.2, 0.25) is 16.2 Å². The van der Waals surface area contributed by atoms with Gasteiger partial charge in [0, 0.05) is 7.05 Å². The number of amides is 1. The molecule has 0 radical (unpaired) electrons. The van der Waals surface area contributed by atoms with Crippen molar-refractivity contribution >= 4 is 15.9 Å². The highest BCUT2D eigenvalue weighted by Gasteiger charge is 2.27. The Morgan fingerprint density at radius 2 is 1.81 bits per heavy atom. The van der Waals surface area contributed by atoms with E-state index in [1.54, 1.807) is 18.2 Å². The van der Waals surface area contributed by atoms with Gasteiger partial charge < -0.3 is 0 Å². The van der Waals surface area contributed by atoms with E-state index in [9.17, 15) is 17.6 Å². The van der Waals surface area contributed by atoms with Gasteiger partial charge in [0.1, 0.15) is 0 Å². The Labute approximate surface area is 93.7 Å². The second-order valence-electron chi connectivity index (χ2n) is 3.34. The van der Waals surface area contributed by atoms with Crippen LogP contribution in [0.15, 0.2) is 30.3 Å². The van der Waals surface area contributed by atoms with Crippen molar-refractivity contribution in [2.75, 3.05) is 13.3 Å². The maximum atomic E-state index is 13.7. The van der Waals surface area contributed by atoms with Gasteiger partial charge in [-0.15, -0.1) is 0 Å². The number of carbonyl (C=O) groups is 1. The molecule has 1 atom stereocenters. The Balaban J connectivity index is 2.92. The van der Waals surface area contributed by atoms with Gasteiger partial charge in [0.05, 0.1) is 6.26 Å². The molecule has 6 heteroatoms. The number of alkyl halides is 1. The van der Waals surface area contributed by atoms with Gasteiger partial charge in [-0.25, -0.2) is 17.1 Å². The SMILES string of the molecule is CN(C(=O)C(F)c1ccccc1)S(C)(=O)=O. The topological polar surface area (TPSA) is 54.5 Å². The number of likely N-dealkylation sites (N-methyl/N-ethyl adjacent to an activating group) is 1. The molecule has 0 saturated carbocycles. The average molecular weight is 245 g/mol. The largest absolute Gasteiger partial charge is 0.274 e. The number of hydrogen-bond donors (Lipinski definition) is 0. The summed E-state index contributed by atoms with van der Waals surface area (Å²) in [5.41, 5.74) is 0.142. The molecule has 0 fully saturated rings. The first-order valence-electron chi connectivity index (χ1n) is 4.51. The fourth-order valence-corrected chi connectivity index (χ4v) is 1.51. The van der Waals surface area contributed by atoms with E-state index in [0.717, 1.165) is 13.3 Å². The lowest BCUT2D eigenvalue weighted by Crippen LogP contribution is -2.34. The molecule has 4 nitrogen and oxygen atoms in total. The lowest BCUT2D eigenvalue weighted by Gasteiger charge is -2.17. The van der Waals surface area contributed by atoms with Crippen LogP contribution in [0.2, 0.25) is 0 Å². The van der Waals surface area contributed by atoms with Crippen LogP contribution in [0, 0.1) is 0 Å². The highest BCUT2D eigenvalue weighted by atomic mass is 32.2. The first-order chi connectivity index (χ1) is 7.34. The summed E-state index contributed by atoms with van der Waals surface area (Å²) in [6.07, 6.45) is -1.11. The van der Waals surface area contributed by atoms with Crippen molar-refractivity contribution < 1.29 is 17.6 Å². The summed E-state index contributed by atoms with van der Waals surface area (Å²) >= 11 is 0. The van der Waals surface area contributed by atoms with Crippen molar-refractivity contribution in [3.63, 3.8) is 0 Å². The molecular formula is C10H12FNO3S. The molecule has 1 rings (SSSR count). The molecule has 0 aliphatic rings. The van der Waals surface area contributed by atoms with Crippen LogP contribution in [0.3, 0.4) is 0 Å². The molecule has 0 aliphatic carbocycles. The van der Waals surface area contributed by atoms with Crippen molar-refractivity contribution in [1.82, 2.24) is 4.31 Å². The summed E-state index contributed by atoms with van der Waals surface area (Å²) in [7, 11) is -2.68. The summed E-state index contributed by atoms with van der Waals surface area (Å²) in [5.74, 6) is -1.09. The third kappa shape index (κ3) is 2.79. The predicted octanol–water partition coefficient (Wildman–Crippen LogP) is 1.12. The minimum atomic E-state index is -3.71. The molecule has 0 N–H and O–H groups in total. The number of carbonyl (C=O) groups excluding carboxylic acids is 1. The Kier molecular flexibility index (Phi) is 3.64. The average Bonchev–Trinajstić information content (AvgIpc) is 2.26. The standard InChI is InChI=1S/C10H12FNO3S/c1-12(16(2,14)15)10(13)9(11)8-6-4-3-5-7-8/h3-7,9H,1-2H3. The maximum Gasteiger partial charge on any atom is 0.274 e. The molecule has 88 valence electrons. The van der Waals surface area contributed by atoms with E-state index >= 15 is 0 Å². The van der Waals surface area contributed by atoms with Crippen molar-refractivity contribution in [1.29, 1.82) is 0 Å². The number of benzene rings is 1. The van der Waals surface area contributed by atoms with Gasteiger partial charge in [-0.1, -0.05) is 30.3 Å². The number of sulfonamides is 1. The third-order valence-corrected chi connectivity index (χ3v) is 3.29. The van der Waals surface area contributed by atoms with E-state index in [4.69, 9.17) is 0 Å². The summed E-state index contributed by atoms with van der Waals surface area (Å²) in [5, 5.41) is 0. The van der Waals surface area contributed by atoms with Gasteiger partial charge in [0.25, 0.3) is 5.91 Å². The normalized spacial score (nSPS) is 13.2. The molecule has 16 heavy (non-hydrogen) atoms. The highest BCUT2D eigenvalue weighted by molar-refractivity contribution is 7.88. The summed E-state index contributed by atoms with van der Waals surface area (Å²) in [6, 6.07) is 7.70. The van der Waals surface area contributed by atoms with Crippen LogP contribution >= 0.6 is 0 Å². The van der Waals surface area contributed by atoms with Crippen LogP contribution in [-0.4, -0.2) is 31.9 Å². The van der Waals surface area contributed by atoms with E-state index in [1.165, 1.54) is 12.1 Å². The summed E-state index contributed by atoms with van der Waals surface area (Å²) in [4.78, 5) is 11.5. The molecule has 0 heterocycles. The predicted molar refractivity (Wildman–Crippen MR) is 57.9 cm³/mol. The van der Waals surface area contributed by atoms with Gasteiger partial charge in [-0.3, -0.25) is 4.79 Å². The molecule has 1 unspecified atom stereocenters. The lowest BCUT2D eigenvalue weighted by atomic mass is 10.1. The molecule has 0 aromatic heterocycles. The number of rotatable bonds is 3. The Bertz CT molecular complexity index is 472. The zero-order valence-corrected chi connectivity index (χ0v) is 9.74. The van der Waals surface area contributed by atoms with Crippen LogP contribution < -0.4 is 0 Å². The van der Waals surface area contributed by atoms with E-state index < -0.39 is 22.1 Å². The van der Waals surface area contributed by atoms with Gasteiger partial charge >= 0.3 is 0 Å². The smallest absolute Gasteiger partial charge is 0.270 e. The Morgan fingerprint density at radius 3 is 2.25 bits per heavy atom. The van der Waals surface area contributed by atoms with Crippen LogP contribution in [-0.2, 0) is 14.8 Å². The van der Waals surface area contributed by atoms with Crippen LogP contribution in [0.4, 0.5) is 4.39 Å². The van der Waals surface area contributed by atoms with Crippen molar-refractivity contribution in [3.05, 3.63) is 35.9 Å². The van der Waals surface area contributed by atoms with E-state index in [1.807, 2.05) is 0 Å². The molecule has 0 aliphatic heterocycles. The maximum absolute atomic E-state index is 13.7. The Hall–Kier alpha value is -1.43. The van der Waals surface area contributed by atoms with Crippen molar-refractivity contribution in [3.8, 4) is 0 Å². The first kappa shape index (κ1) is 12.6. The first-order valence-corrected chi connectivity index (χ1v) is 6.35. The highest BCUT2D eigenvalue weighted by Crippen LogP contribution is 2.20. The second-order valence-corrected chi connectivity index (χ2v) is 5.36. The monoisotopic (exact) mass is 245 g/mol. The van der Waals surface area contributed by atoms with Crippen LogP contribution in [0.25, 0.3) is 0 Å². The molecule has 1 aromatic carbocycles. The molecule has 0 saturated heterocycles. The van der Waals surface area contributed by atoms with Gasteiger partial charge in [-0.05, 0) is 5.56 Å². The summed E-state index contributed by atoms with van der Waals surface area (Å²) in [6.45, 7) is 0. The fraction of sp³-hybridized carbons (Fsp3) is 0.300. The van der Waals surface area contributed by atoms with Crippen LogP contribution in [0.5, 0.6) is 0 Å². The van der Waals surface area contributed by atoms with Crippen molar-refractivity contribution in [2.24, 2.45) is 0 Å². The molecular weight excluding hydrogens is 233 g/mol. The van der Waals surface area contributed by atoms with Crippen molar-refractivity contribution in [2.45, 2.75) is 6.17 Å². The minimum absolute atomic E-state index is 0.142.